The number of nitrogens with zero attached hydrogens (tertiary/aromatic N) is 4. The molecule has 0 aliphatic heterocycles. The minimum Gasteiger partial charge on any atom is -0.334 e. The van der Waals surface area contributed by atoms with Gasteiger partial charge in [-0.3, -0.25) is 4.79 Å². The zero-order valence-corrected chi connectivity index (χ0v) is 16.5. The second kappa shape index (κ2) is 7.08. The first-order valence-corrected chi connectivity index (χ1v) is 9.47. The molecule has 7 heteroatoms. The van der Waals surface area contributed by atoms with Gasteiger partial charge in [-0.1, -0.05) is 34.1 Å². The molecule has 6 nitrogen and oxygen atoms in total. The number of rotatable bonds is 4. The lowest BCUT2D eigenvalue weighted by atomic mass is 10.1. The zero-order chi connectivity index (χ0) is 19.0. The highest BCUT2D eigenvalue weighted by Gasteiger charge is 2.13. The van der Waals surface area contributed by atoms with E-state index in [1.807, 2.05) is 49.4 Å². The maximum absolute atomic E-state index is 12.4. The Labute approximate surface area is 164 Å². The van der Waals surface area contributed by atoms with Gasteiger partial charge in [0.05, 0.1) is 11.0 Å². The molecule has 4 rings (SSSR count). The molecule has 0 fully saturated rings. The summed E-state index contributed by atoms with van der Waals surface area (Å²) in [7, 11) is 0. The van der Waals surface area contributed by atoms with Crippen LogP contribution in [0.25, 0.3) is 33.9 Å². The van der Waals surface area contributed by atoms with Crippen molar-refractivity contribution in [1.82, 2.24) is 19.7 Å². The van der Waals surface area contributed by atoms with E-state index in [9.17, 15) is 4.79 Å². The van der Waals surface area contributed by atoms with Gasteiger partial charge in [0, 0.05) is 22.1 Å². The van der Waals surface area contributed by atoms with Crippen LogP contribution in [0.15, 0.2) is 56.3 Å². The van der Waals surface area contributed by atoms with Crippen LogP contribution in [0, 0.1) is 6.92 Å². The topological polar surface area (TPSA) is 73.8 Å². The van der Waals surface area contributed by atoms with Crippen LogP contribution in [-0.4, -0.2) is 19.7 Å². The molecule has 0 aliphatic rings. The molecule has 2 aromatic carbocycles. The number of fused-ring (bicyclic) bond motifs is 1. The van der Waals surface area contributed by atoms with Crippen molar-refractivity contribution in [3.05, 3.63) is 63.0 Å². The molecule has 0 unspecified atom stereocenters. The Morgan fingerprint density at radius 1 is 1.11 bits per heavy atom. The standard InChI is InChI=1S/C20H17BrN4O2/c1-3-9-25-17-8-7-13(11-16(17)22-12(2)20(25)26)18-23-19(27-24-18)14-5-4-6-15(21)10-14/h4-8,10-11H,3,9H2,1-2H3. The van der Waals surface area contributed by atoms with E-state index in [0.29, 0.717) is 24.0 Å². The number of aromatic nitrogens is 4. The van der Waals surface area contributed by atoms with E-state index in [2.05, 4.69) is 31.1 Å². The molecular weight excluding hydrogens is 408 g/mol. The molecule has 0 N–H and O–H groups in total. The first-order valence-electron chi connectivity index (χ1n) is 8.68. The summed E-state index contributed by atoms with van der Waals surface area (Å²) in [5.41, 5.74) is 3.62. The summed E-state index contributed by atoms with van der Waals surface area (Å²) < 4.78 is 8.13. The number of benzene rings is 2. The predicted molar refractivity (Wildman–Crippen MR) is 107 cm³/mol. The smallest absolute Gasteiger partial charge is 0.272 e. The van der Waals surface area contributed by atoms with Crippen molar-refractivity contribution in [2.75, 3.05) is 0 Å². The highest BCUT2D eigenvalue weighted by Crippen LogP contribution is 2.26. The maximum Gasteiger partial charge on any atom is 0.272 e. The lowest BCUT2D eigenvalue weighted by Gasteiger charge is -2.10. The van der Waals surface area contributed by atoms with Crippen molar-refractivity contribution in [3.8, 4) is 22.8 Å². The van der Waals surface area contributed by atoms with Crippen molar-refractivity contribution < 1.29 is 4.52 Å². The van der Waals surface area contributed by atoms with Gasteiger partial charge in [0.25, 0.3) is 11.4 Å². The fourth-order valence-corrected chi connectivity index (χ4v) is 3.44. The first kappa shape index (κ1) is 17.6. The van der Waals surface area contributed by atoms with E-state index in [0.717, 1.165) is 33.1 Å². The molecule has 0 spiro atoms. The van der Waals surface area contributed by atoms with Crippen LogP contribution in [0.3, 0.4) is 0 Å². The van der Waals surface area contributed by atoms with Gasteiger partial charge in [0.1, 0.15) is 5.69 Å². The molecule has 0 amide bonds. The van der Waals surface area contributed by atoms with E-state index in [-0.39, 0.29) is 5.56 Å². The second-order valence-corrected chi connectivity index (χ2v) is 7.21. The molecular formula is C20H17BrN4O2. The van der Waals surface area contributed by atoms with Gasteiger partial charge < -0.3 is 9.09 Å². The minimum atomic E-state index is -0.0476. The van der Waals surface area contributed by atoms with Gasteiger partial charge in [-0.15, -0.1) is 0 Å². The Morgan fingerprint density at radius 2 is 1.96 bits per heavy atom. The molecule has 27 heavy (non-hydrogen) atoms. The fourth-order valence-electron chi connectivity index (χ4n) is 3.04. The minimum absolute atomic E-state index is 0.0476. The summed E-state index contributed by atoms with van der Waals surface area (Å²) in [4.78, 5) is 21.3. The zero-order valence-electron chi connectivity index (χ0n) is 14.9. The average Bonchev–Trinajstić information content (AvgIpc) is 3.15. The van der Waals surface area contributed by atoms with Gasteiger partial charge in [-0.25, -0.2) is 4.98 Å². The molecule has 0 atom stereocenters. The Hall–Kier alpha value is -2.80. The highest BCUT2D eigenvalue weighted by molar-refractivity contribution is 9.10. The summed E-state index contributed by atoms with van der Waals surface area (Å²) >= 11 is 3.44. The second-order valence-electron chi connectivity index (χ2n) is 6.29. The third-order valence-electron chi connectivity index (χ3n) is 4.31. The van der Waals surface area contributed by atoms with Crippen molar-refractivity contribution >= 4 is 27.0 Å². The predicted octanol–water partition coefficient (Wildman–Crippen LogP) is 4.59. The molecule has 0 bridgehead atoms. The van der Waals surface area contributed by atoms with E-state index in [4.69, 9.17) is 4.52 Å². The van der Waals surface area contributed by atoms with Gasteiger partial charge in [-0.2, -0.15) is 4.98 Å². The first-order chi connectivity index (χ1) is 13.1. The summed E-state index contributed by atoms with van der Waals surface area (Å²) in [6.45, 7) is 4.44. The summed E-state index contributed by atoms with van der Waals surface area (Å²) in [6.07, 6.45) is 0.876. The van der Waals surface area contributed by atoms with E-state index < -0.39 is 0 Å². The van der Waals surface area contributed by atoms with Crippen LogP contribution in [0.1, 0.15) is 19.0 Å². The summed E-state index contributed by atoms with van der Waals surface area (Å²) in [5, 5.41) is 4.10. The molecule has 0 aliphatic carbocycles. The Morgan fingerprint density at radius 3 is 2.74 bits per heavy atom. The van der Waals surface area contributed by atoms with Crippen LogP contribution < -0.4 is 5.56 Å². The monoisotopic (exact) mass is 424 g/mol. The van der Waals surface area contributed by atoms with Gasteiger partial charge in [-0.05, 0) is 49.7 Å². The van der Waals surface area contributed by atoms with Crippen molar-refractivity contribution in [3.63, 3.8) is 0 Å². The van der Waals surface area contributed by atoms with Crippen LogP contribution in [0.4, 0.5) is 0 Å². The Balaban J connectivity index is 1.79. The lowest BCUT2D eigenvalue weighted by molar-refractivity contribution is 0.432. The van der Waals surface area contributed by atoms with Crippen molar-refractivity contribution in [2.45, 2.75) is 26.8 Å². The normalized spacial score (nSPS) is 11.2. The number of hydrogen-bond donors (Lipinski definition) is 0. The molecule has 2 aromatic heterocycles. The Kier molecular flexibility index (Phi) is 4.61. The van der Waals surface area contributed by atoms with Crippen LogP contribution in [0.2, 0.25) is 0 Å². The SMILES string of the molecule is CCCn1c(=O)c(C)nc2cc(-c3noc(-c4cccc(Br)c4)n3)ccc21. The molecule has 4 aromatic rings. The van der Waals surface area contributed by atoms with E-state index in [1.165, 1.54) is 0 Å². The van der Waals surface area contributed by atoms with Crippen molar-refractivity contribution in [2.24, 2.45) is 0 Å². The third kappa shape index (κ3) is 3.30. The van der Waals surface area contributed by atoms with E-state index in [1.54, 1.807) is 11.5 Å². The van der Waals surface area contributed by atoms with Gasteiger partial charge in [0.15, 0.2) is 0 Å². The molecule has 0 saturated heterocycles. The van der Waals surface area contributed by atoms with Crippen molar-refractivity contribution in [1.29, 1.82) is 0 Å². The summed E-state index contributed by atoms with van der Waals surface area (Å²) in [6, 6.07) is 13.4. The van der Waals surface area contributed by atoms with Gasteiger partial charge in [0.2, 0.25) is 5.82 Å². The molecule has 2 heterocycles. The average molecular weight is 425 g/mol. The number of hydrogen-bond acceptors (Lipinski definition) is 5. The number of aryl methyl sites for hydroxylation is 2. The fraction of sp³-hybridized carbons (Fsp3) is 0.200. The molecule has 0 radical (unpaired) electrons. The summed E-state index contributed by atoms with van der Waals surface area (Å²) in [5.74, 6) is 0.936. The number of halogens is 1. The van der Waals surface area contributed by atoms with Crippen LogP contribution in [0.5, 0.6) is 0 Å². The largest absolute Gasteiger partial charge is 0.334 e. The lowest BCUT2D eigenvalue weighted by Crippen LogP contribution is -2.24. The van der Waals surface area contributed by atoms with Crippen LogP contribution in [-0.2, 0) is 6.54 Å². The molecule has 0 saturated carbocycles. The molecule has 136 valence electrons. The quantitative estimate of drug-likeness (QED) is 0.478. The van der Waals surface area contributed by atoms with E-state index >= 15 is 0 Å². The Bertz CT molecular complexity index is 1200. The van der Waals surface area contributed by atoms with Crippen LogP contribution >= 0.6 is 15.9 Å². The highest BCUT2D eigenvalue weighted by atomic mass is 79.9. The maximum atomic E-state index is 12.4. The third-order valence-corrected chi connectivity index (χ3v) is 4.81. The van der Waals surface area contributed by atoms with Gasteiger partial charge >= 0.3 is 0 Å².